The zero-order valence-electron chi connectivity index (χ0n) is 17.7. The Kier molecular flexibility index (Phi) is 6.57. The molecular formula is C23H26N4O3S. The SMILES string of the molecule is CCNC(=O)NCCCn1c(-c2ccc3c(c2)OCO3)csc1=Nc1ccc(C)cc1. The molecule has 1 aliphatic rings. The number of nitrogens with one attached hydrogen (secondary N) is 2. The first-order chi connectivity index (χ1) is 15.1. The predicted molar refractivity (Wildman–Crippen MR) is 122 cm³/mol. The molecule has 3 aromatic rings. The number of ether oxygens (including phenoxy) is 2. The van der Waals surface area contributed by atoms with Crippen LogP contribution in [-0.4, -0.2) is 30.5 Å². The number of carbonyl (C=O) groups is 1. The van der Waals surface area contributed by atoms with Crippen LogP contribution in [0.25, 0.3) is 11.3 Å². The van der Waals surface area contributed by atoms with E-state index >= 15 is 0 Å². The number of aryl methyl sites for hydroxylation is 1. The lowest BCUT2D eigenvalue weighted by Gasteiger charge is -2.11. The summed E-state index contributed by atoms with van der Waals surface area (Å²) in [5, 5.41) is 7.75. The summed E-state index contributed by atoms with van der Waals surface area (Å²) in [5.74, 6) is 1.52. The number of rotatable bonds is 7. The molecule has 1 aliphatic heterocycles. The largest absolute Gasteiger partial charge is 0.454 e. The van der Waals surface area contributed by atoms with E-state index < -0.39 is 0 Å². The Balaban J connectivity index is 1.62. The van der Waals surface area contributed by atoms with Crippen molar-refractivity contribution in [3.8, 4) is 22.8 Å². The number of fused-ring (bicyclic) bond motifs is 1. The fourth-order valence-corrected chi connectivity index (χ4v) is 4.27. The van der Waals surface area contributed by atoms with Crippen molar-refractivity contribution in [2.24, 2.45) is 4.99 Å². The molecule has 0 atom stereocenters. The Hall–Kier alpha value is -3.26. The van der Waals surface area contributed by atoms with Gasteiger partial charge < -0.3 is 24.7 Å². The number of amides is 2. The minimum Gasteiger partial charge on any atom is -0.454 e. The third-order valence-corrected chi connectivity index (χ3v) is 5.77. The van der Waals surface area contributed by atoms with Crippen molar-refractivity contribution in [3.05, 3.63) is 58.2 Å². The highest BCUT2D eigenvalue weighted by Crippen LogP contribution is 2.36. The lowest BCUT2D eigenvalue weighted by atomic mass is 10.1. The molecule has 4 rings (SSSR count). The van der Waals surface area contributed by atoms with Crippen molar-refractivity contribution in [2.45, 2.75) is 26.8 Å². The fourth-order valence-electron chi connectivity index (χ4n) is 3.31. The van der Waals surface area contributed by atoms with Crippen molar-refractivity contribution >= 4 is 23.1 Å². The molecule has 7 nitrogen and oxygen atoms in total. The molecule has 2 heterocycles. The number of carbonyl (C=O) groups excluding carboxylic acids is 1. The zero-order chi connectivity index (χ0) is 21.6. The Morgan fingerprint density at radius 1 is 1.13 bits per heavy atom. The Morgan fingerprint density at radius 2 is 1.94 bits per heavy atom. The summed E-state index contributed by atoms with van der Waals surface area (Å²) in [6, 6.07) is 14.0. The highest BCUT2D eigenvalue weighted by atomic mass is 32.1. The molecule has 0 bridgehead atoms. The van der Waals surface area contributed by atoms with Crippen LogP contribution in [0.3, 0.4) is 0 Å². The van der Waals surface area contributed by atoms with Crippen LogP contribution >= 0.6 is 11.3 Å². The van der Waals surface area contributed by atoms with Crippen molar-refractivity contribution in [1.82, 2.24) is 15.2 Å². The molecule has 1 aromatic heterocycles. The Bertz CT molecular complexity index is 1120. The maximum absolute atomic E-state index is 11.7. The monoisotopic (exact) mass is 438 g/mol. The number of benzene rings is 2. The van der Waals surface area contributed by atoms with E-state index in [-0.39, 0.29) is 12.8 Å². The molecule has 2 amide bonds. The molecule has 0 spiro atoms. The first-order valence-electron chi connectivity index (χ1n) is 10.4. The van der Waals surface area contributed by atoms with E-state index in [1.165, 1.54) is 5.56 Å². The summed E-state index contributed by atoms with van der Waals surface area (Å²) < 4.78 is 13.2. The van der Waals surface area contributed by atoms with Gasteiger partial charge in [-0.1, -0.05) is 17.7 Å². The first-order valence-corrected chi connectivity index (χ1v) is 11.2. The fraction of sp³-hybridized carbons (Fsp3) is 0.304. The zero-order valence-corrected chi connectivity index (χ0v) is 18.5. The number of hydrogen-bond donors (Lipinski definition) is 2. The second-order valence-electron chi connectivity index (χ2n) is 7.21. The number of urea groups is 1. The summed E-state index contributed by atoms with van der Waals surface area (Å²) in [6.45, 7) is 6.14. The summed E-state index contributed by atoms with van der Waals surface area (Å²) in [7, 11) is 0. The maximum atomic E-state index is 11.7. The van der Waals surface area contributed by atoms with Gasteiger partial charge in [0.1, 0.15) is 0 Å². The van der Waals surface area contributed by atoms with Gasteiger partial charge in [-0.2, -0.15) is 0 Å². The van der Waals surface area contributed by atoms with Gasteiger partial charge in [0.2, 0.25) is 6.79 Å². The van der Waals surface area contributed by atoms with Gasteiger partial charge in [-0.05, 0) is 50.6 Å². The highest BCUT2D eigenvalue weighted by molar-refractivity contribution is 7.07. The topological polar surface area (TPSA) is 76.9 Å². The van der Waals surface area contributed by atoms with Gasteiger partial charge in [0.05, 0.1) is 11.4 Å². The molecule has 0 saturated carbocycles. The van der Waals surface area contributed by atoms with E-state index in [0.29, 0.717) is 13.1 Å². The summed E-state index contributed by atoms with van der Waals surface area (Å²) in [6.07, 6.45) is 0.784. The minimum absolute atomic E-state index is 0.140. The van der Waals surface area contributed by atoms with Crippen molar-refractivity contribution in [2.75, 3.05) is 19.9 Å². The molecule has 0 unspecified atom stereocenters. The molecule has 162 valence electrons. The number of thiazole rings is 1. The lowest BCUT2D eigenvalue weighted by molar-refractivity contribution is 0.174. The van der Waals surface area contributed by atoms with Crippen LogP contribution in [0.1, 0.15) is 18.9 Å². The highest BCUT2D eigenvalue weighted by Gasteiger charge is 2.16. The van der Waals surface area contributed by atoms with E-state index in [2.05, 4.69) is 39.6 Å². The Labute approximate surface area is 185 Å². The van der Waals surface area contributed by atoms with E-state index in [4.69, 9.17) is 14.5 Å². The Morgan fingerprint density at radius 3 is 2.74 bits per heavy atom. The van der Waals surface area contributed by atoms with Crippen LogP contribution in [0.15, 0.2) is 52.8 Å². The normalized spacial score (nSPS) is 12.8. The number of nitrogens with zero attached hydrogens (tertiary/aromatic N) is 2. The molecule has 31 heavy (non-hydrogen) atoms. The second-order valence-corrected chi connectivity index (χ2v) is 8.05. The van der Waals surface area contributed by atoms with Crippen LogP contribution in [-0.2, 0) is 6.54 Å². The molecule has 0 fully saturated rings. The van der Waals surface area contributed by atoms with E-state index in [9.17, 15) is 4.79 Å². The van der Waals surface area contributed by atoms with Crippen LogP contribution in [0.2, 0.25) is 0 Å². The molecule has 0 radical (unpaired) electrons. The third-order valence-electron chi connectivity index (χ3n) is 4.91. The van der Waals surface area contributed by atoms with Crippen molar-refractivity contribution in [1.29, 1.82) is 0 Å². The van der Waals surface area contributed by atoms with Crippen molar-refractivity contribution < 1.29 is 14.3 Å². The van der Waals surface area contributed by atoms with Crippen LogP contribution in [0.4, 0.5) is 10.5 Å². The van der Waals surface area contributed by atoms with Crippen LogP contribution in [0.5, 0.6) is 11.5 Å². The molecule has 0 saturated heterocycles. The average molecular weight is 439 g/mol. The minimum atomic E-state index is -0.140. The van der Waals surface area contributed by atoms with Gasteiger partial charge in [-0.3, -0.25) is 0 Å². The lowest BCUT2D eigenvalue weighted by Crippen LogP contribution is -2.36. The molecule has 8 heteroatoms. The van der Waals surface area contributed by atoms with Crippen molar-refractivity contribution in [3.63, 3.8) is 0 Å². The third kappa shape index (κ3) is 5.08. The summed E-state index contributed by atoms with van der Waals surface area (Å²) in [5.41, 5.74) is 4.23. The summed E-state index contributed by atoms with van der Waals surface area (Å²) in [4.78, 5) is 17.4. The standard InChI is InChI=1S/C23H26N4O3S/c1-3-24-22(28)25-11-4-12-27-19(17-7-10-20-21(13-17)30-15-29-20)14-31-23(27)26-18-8-5-16(2)6-9-18/h5-10,13-14H,3-4,11-12,15H2,1-2H3,(H2,24,25,28). The van der Waals surface area contributed by atoms with Gasteiger partial charge in [-0.25, -0.2) is 9.79 Å². The smallest absolute Gasteiger partial charge is 0.314 e. The number of aromatic nitrogens is 1. The first kappa shape index (κ1) is 21.0. The van der Waals surface area contributed by atoms with Gasteiger partial charge in [0.15, 0.2) is 16.3 Å². The average Bonchev–Trinajstić information content (AvgIpc) is 3.39. The van der Waals surface area contributed by atoms with E-state index in [1.807, 2.05) is 37.3 Å². The summed E-state index contributed by atoms with van der Waals surface area (Å²) >= 11 is 1.60. The molecule has 2 N–H and O–H groups in total. The van der Waals surface area contributed by atoms with Crippen LogP contribution < -0.4 is 24.9 Å². The quantitative estimate of drug-likeness (QED) is 0.543. The molecule has 2 aromatic carbocycles. The van der Waals surface area contributed by atoms with E-state index in [1.54, 1.807) is 11.3 Å². The van der Waals surface area contributed by atoms with Crippen LogP contribution in [0, 0.1) is 6.92 Å². The van der Waals surface area contributed by atoms with Gasteiger partial charge >= 0.3 is 6.03 Å². The molecule has 0 aliphatic carbocycles. The van der Waals surface area contributed by atoms with Gasteiger partial charge in [0, 0.05) is 30.6 Å². The second kappa shape index (κ2) is 9.70. The van der Waals surface area contributed by atoms with Gasteiger partial charge in [-0.15, -0.1) is 11.3 Å². The molecular weight excluding hydrogens is 412 g/mol. The predicted octanol–water partition coefficient (Wildman–Crippen LogP) is 4.20. The maximum Gasteiger partial charge on any atom is 0.314 e. The van der Waals surface area contributed by atoms with Gasteiger partial charge in [0.25, 0.3) is 0 Å². The number of hydrogen-bond acceptors (Lipinski definition) is 5. The van der Waals surface area contributed by atoms with E-state index in [0.717, 1.165) is 46.2 Å².